The van der Waals surface area contributed by atoms with Crippen molar-refractivity contribution in [2.45, 2.75) is 59.9 Å². The summed E-state index contributed by atoms with van der Waals surface area (Å²) in [5.74, 6) is 2.88. The maximum Gasteiger partial charge on any atom is 0.104 e. The van der Waals surface area contributed by atoms with Gasteiger partial charge in [-0.05, 0) is 62.7 Å². The quantitative estimate of drug-likeness (QED) is 0.395. The highest BCUT2D eigenvalue weighted by Crippen LogP contribution is 2.61. The van der Waals surface area contributed by atoms with Gasteiger partial charge in [0.2, 0.25) is 0 Å². The van der Waals surface area contributed by atoms with E-state index in [9.17, 15) is 0 Å². The highest BCUT2D eigenvalue weighted by atomic mass is 16.5. The summed E-state index contributed by atoms with van der Waals surface area (Å²) in [6.07, 6.45) is 5.66. The van der Waals surface area contributed by atoms with Gasteiger partial charge in [0, 0.05) is 12.2 Å². The van der Waals surface area contributed by atoms with E-state index in [4.69, 9.17) is 4.74 Å². The van der Waals surface area contributed by atoms with Crippen molar-refractivity contribution in [2.75, 3.05) is 32.8 Å². The number of rotatable bonds is 10. The second-order valence-corrected chi connectivity index (χ2v) is 9.44. The molecule has 3 saturated carbocycles. The Labute approximate surface area is 161 Å². The fraction of sp³-hybridized carbons (Fsp3) is 0.750. The zero-order chi connectivity index (χ0) is 18.6. The predicted octanol–water partition coefficient (Wildman–Crippen LogP) is 5.52. The molecule has 2 bridgehead atoms. The first kappa shape index (κ1) is 19.9. The van der Waals surface area contributed by atoms with Crippen LogP contribution < -0.4 is 0 Å². The number of hydrogen-bond donors (Lipinski definition) is 0. The third-order valence-electron chi connectivity index (χ3n) is 8.05. The number of quaternary nitrogens is 1. The topological polar surface area (TPSA) is 9.23 Å². The van der Waals surface area contributed by atoms with Gasteiger partial charge < -0.3 is 9.22 Å². The third kappa shape index (κ3) is 4.17. The minimum absolute atomic E-state index is 0.606. The molecule has 3 atom stereocenters. The van der Waals surface area contributed by atoms with Crippen molar-refractivity contribution >= 4 is 0 Å². The molecule has 4 rings (SSSR count). The third-order valence-corrected chi connectivity index (χ3v) is 8.05. The van der Waals surface area contributed by atoms with Crippen molar-refractivity contribution in [1.29, 1.82) is 0 Å². The zero-order valence-electron chi connectivity index (χ0n) is 17.5. The fourth-order valence-corrected chi connectivity index (χ4v) is 5.72. The van der Waals surface area contributed by atoms with E-state index in [-0.39, 0.29) is 0 Å². The van der Waals surface area contributed by atoms with Crippen LogP contribution in [0.4, 0.5) is 0 Å². The SMILES string of the molecule is CC[N+](CC)(CCOCCC1CCC2CC1C2(C)C)Cc1ccccc1. The molecule has 0 radical (unpaired) electrons. The van der Waals surface area contributed by atoms with Crippen molar-refractivity contribution in [2.24, 2.45) is 23.2 Å². The van der Waals surface area contributed by atoms with Crippen molar-refractivity contribution in [3.63, 3.8) is 0 Å². The molecule has 3 aliphatic carbocycles. The molecule has 3 unspecified atom stereocenters. The van der Waals surface area contributed by atoms with Crippen molar-refractivity contribution in [3.8, 4) is 0 Å². The summed E-state index contributed by atoms with van der Waals surface area (Å²) in [6.45, 7) is 16.1. The van der Waals surface area contributed by atoms with Crippen LogP contribution in [0.3, 0.4) is 0 Å². The Bertz CT molecular complexity index is 547. The first-order valence-corrected chi connectivity index (χ1v) is 11.0. The van der Waals surface area contributed by atoms with Crippen molar-refractivity contribution in [3.05, 3.63) is 35.9 Å². The van der Waals surface area contributed by atoms with Crippen LogP contribution in [0, 0.1) is 23.2 Å². The number of fused-ring (bicyclic) bond motifs is 2. The Hall–Kier alpha value is -0.860. The lowest BCUT2D eigenvalue weighted by molar-refractivity contribution is -0.938. The summed E-state index contributed by atoms with van der Waals surface area (Å²) in [5.41, 5.74) is 2.05. The van der Waals surface area contributed by atoms with Crippen molar-refractivity contribution in [1.82, 2.24) is 0 Å². The van der Waals surface area contributed by atoms with Crippen molar-refractivity contribution < 1.29 is 9.22 Å². The van der Waals surface area contributed by atoms with Gasteiger partial charge in [0.05, 0.1) is 19.7 Å². The largest absolute Gasteiger partial charge is 0.376 e. The number of hydrogen-bond acceptors (Lipinski definition) is 1. The summed E-state index contributed by atoms with van der Waals surface area (Å²) in [5, 5.41) is 0. The average Bonchev–Trinajstić information content (AvgIpc) is 2.67. The predicted molar refractivity (Wildman–Crippen MR) is 110 cm³/mol. The Morgan fingerprint density at radius 2 is 1.77 bits per heavy atom. The normalized spacial score (nSPS) is 27.2. The zero-order valence-corrected chi connectivity index (χ0v) is 17.5. The van der Waals surface area contributed by atoms with E-state index in [1.165, 1.54) is 44.3 Å². The molecule has 0 N–H and O–H groups in total. The number of ether oxygens (including phenoxy) is 1. The maximum atomic E-state index is 6.15. The monoisotopic (exact) mass is 358 g/mol. The smallest absolute Gasteiger partial charge is 0.104 e. The van der Waals surface area contributed by atoms with Gasteiger partial charge in [0.25, 0.3) is 0 Å². The van der Waals surface area contributed by atoms with Crippen LogP contribution in [0.25, 0.3) is 0 Å². The fourth-order valence-electron chi connectivity index (χ4n) is 5.72. The molecule has 1 aromatic carbocycles. The van der Waals surface area contributed by atoms with E-state index in [0.29, 0.717) is 5.41 Å². The molecule has 0 aliphatic heterocycles. The minimum atomic E-state index is 0.606. The number of likely N-dealkylation sites (N-methyl/N-ethyl adjacent to an activating group) is 1. The summed E-state index contributed by atoms with van der Waals surface area (Å²) in [6, 6.07) is 10.9. The van der Waals surface area contributed by atoms with Gasteiger partial charge in [-0.3, -0.25) is 0 Å². The van der Waals surface area contributed by atoms with Crippen LogP contribution in [0.15, 0.2) is 30.3 Å². The van der Waals surface area contributed by atoms with Gasteiger partial charge in [-0.25, -0.2) is 0 Å². The van der Waals surface area contributed by atoms with E-state index in [1.807, 2.05) is 0 Å². The Morgan fingerprint density at radius 3 is 2.38 bits per heavy atom. The molecule has 2 heteroatoms. The first-order chi connectivity index (χ1) is 12.5. The Balaban J connectivity index is 1.41. The molecule has 1 aromatic rings. The molecule has 2 nitrogen and oxygen atoms in total. The second kappa shape index (κ2) is 8.44. The van der Waals surface area contributed by atoms with Crippen LogP contribution in [0.5, 0.6) is 0 Å². The van der Waals surface area contributed by atoms with Gasteiger partial charge in [-0.15, -0.1) is 0 Å². The highest BCUT2D eigenvalue weighted by Gasteiger charge is 2.53. The molecule has 0 amide bonds. The molecule has 0 heterocycles. The van der Waals surface area contributed by atoms with Gasteiger partial charge in [-0.2, -0.15) is 0 Å². The van der Waals surface area contributed by atoms with Gasteiger partial charge in [-0.1, -0.05) is 44.2 Å². The average molecular weight is 359 g/mol. The van der Waals surface area contributed by atoms with Crippen LogP contribution in [-0.2, 0) is 11.3 Å². The molecule has 0 aromatic heterocycles. The lowest BCUT2D eigenvalue weighted by Gasteiger charge is -2.60. The molecule has 0 spiro atoms. The van der Waals surface area contributed by atoms with Gasteiger partial charge in [0.1, 0.15) is 13.1 Å². The molecule has 3 aliphatic rings. The molecule has 26 heavy (non-hydrogen) atoms. The lowest BCUT2D eigenvalue weighted by Crippen LogP contribution is -2.52. The minimum Gasteiger partial charge on any atom is -0.376 e. The first-order valence-electron chi connectivity index (χ1n) is 11.0. The maximum absolute atomic E-state index is 6.15. The summed E-state index contributed by atoms with van der Waals surface area (Å²) >= 11 is 0. The van der Waals surface area contributed by atoms with Gasteiger partial charge in [0.15, 0.2) is 0 Å². The molecular formula is C24H40NO+. The highest BCUT2D eigenvalue weighted by molar-refractivity contribution is 5.13. The summed E-state index contributed by atoms with van der Waals surface area (Å²) < 4.78 is 7.28. The summed E-state index contributed by atoms with van der Waals surface area (Å²) in [7, 11) is 0. The van der Waals surface area contributed by atoms with Crippen LogP contribution in [0.2, 0.25) is 0 Å². The molecule has 3 fully saturated rings. The van der Waals surface area contributed by atoms with Crippen LogP contribution in [0.1, 0.15) is 58.9 Å². The number of nitrogens with zero attached hydrogens (tertiary/aromatic N) is 1. The van der Waals surface area contributed by atoms with E-state index < -0.39 is 0 Å². The van der Waals surface area contributed by atoms with E-state index >= 15 is 0 Å². The lowest BCUT2D eigenvalue weighted by atomic mass is 9.45. The molecule has 0 saturated heterocycles. The summed E-state index contributed by atoms with van der Waals surface area (Å²) in [4.78, 5) is 0. The van der Waals surface area contributed by atoms with Crippen LogP contribution >= 0.6 is 0 Å². The molecule has 146 valence electrons. The van der Waals surface area contributed by atoms with E-state index in [2.05, 4.69) is 58.0 Å². The van der Waals surface area contributed by atoms with Crippen LogP contribution in [-0.4, -0.2) is 37.3 Å². The second-order valence-electron chi connectivity index (χ2n) is 9.44. The Kier molecular flexibility index (Phi) is 6.45. The molecular weight excluding hydrogens is 318 g/mol. The number of benzene rings is 1. The van der Waals surface area contributed by atoms with E-state index in [1.54, 1.807) is 0 Å². The van der Waals surface area contributed by atoms with Gasteiger partial charge >= 0.3 is 0 Å². The Morgan fingerprint density at radius 1 is 1.04 bits per heavy atom. The standard InChI is InChI=1S/C24H40NO/c1-5-25(6-2,19-20-10-8-7-9-11-20)15-17-26-16-14-21-12-13-22-18-23(21)24(22,3)4/h7-11,21-23H,5-6,12-19H2,1-4H3/q+1. The van der Waals surface area contributed by atoms with E-state index in [0.717, 1.165) is 48.5 Å².